The second-order valence-corrected chi connectivity index (χ2v) is 8.88. The molecule has 196 valence electrons. The highest BCUT2D eigenvalue weighted by molar-refractivity contribution is 9.10. The van der Waals surface area contributed by atoms with Crippen LogP contribution in [0.15, 0.2) is 70.7 Å². The van der Waals surface area contributed by atoms with Crippen molar-refractivity contribution in [3.8, 4) is 17.2 Å². The summed E-state index contributed by atoms with van der Waals surface area (Å²) in [7, 11) is 0. The second kappa shape index (κ2) is 11.9. The first-order valence-electron chi connectivity index (χ1n) is 11.8. The Morgan fingerprint density at radius 3 is 2.34 bits per heavy atom. The number of barbiturate groups is 1. The van der Waals surface area contributed by atoms with Crippen molar-refractivity contribution in [3.63, 3.8) is 0 Å². The number of hydrogen-bond acceptors (Lipinski definition) is 6. The molecular weight excluding hydrogens is 559 g/mol. The van der Waals surface area contributed by atoms with Crippen LogP contribution in [-0.4, -0.2) is 31.1 Å². The molecule has 1 aliphatic rings. The normalized spacial score (nSPS) is 14.5. The van der Waals surface area contributed by atoms with E-state index >= 15 is 0 Å². The summed E-state index contributed by atoms with van der Waals surface area (Å²) < 4.78 is 31.5. The van der Waals surface area contributed by atoms with E-state index in [2.05, 4.69) is 21.2 Å². The Balaban J connectivity index is 1.64. The Kier molecular flexibility index (Phi) is 8.42. The molecule has 0 spiro atoms. The van der Waals surface area contributed by atoms with Crippen LogP contribution in [0.5, 0.6) is 17.2 Å². The second-order valence-electron chi connectivity index (χ2n) is 8.03. The average molecular weight is 583 g/mol. The van der Waals surface area contributed by atoms with Crippen molar-refractivity contribution in [3.05, 3.63) is 87.7 Å². The van der Waals surface area contributed by atoms with Crippen molar-refractivity contribution >= 4 is 45.5 Å². The number of carbonyl (C=O) groups is 3. The lowest BCUT2D eigenvalue weighted by Gasteiger charge is -2.26. The van der Waals surface area contributed by atoms with Gasteiger partial charge in [0.05, 0.1) is 23.4 Å². The number of anilines is 1. The summed E-state index contributed by atoms with van der Waals surface area (Å²) in [5.41, 5.74) is 0.852. The largest absolute Gasteiger partial charge is 0.494 e. The number of nitrogens with zero attached hydrogens (tertiary/aromatic N) is 1. The maximum absolute atomic E-state index is 14.0. The number of ether oxygens (including phenoxy) is 3. The summed E-state index contributed by atoms with van der Waals surface area (Å²) in [6.07, 6.45) is 1.36. The SMILES string of the molecule is CCOc1ccc(N2C(=O)NC(=O)/C(=C\c3cc(Br)c(OCc4ccccc4F)c(OCC)c3)C2=O)cc1. The van der Waals surface area contributed by atoms with Gasteiger partial charge < -0.3 is 14.2 Å². The van der Waals surface area contributed by atoms with Crippen LogP contribution in [0.1, 0.15) is 25.0 Å². The fraction of sp³-hybridized carbons (Fsp3) is 0.179. The molecule has 3 aromatic carbocycles. The molecule has 0 radical (unpaired) electrons. The molecule has 1 N–H and O–H groups in total. The third-order valence-corrected chi connectivity index (χ3v) is 6.07. The van der Waals surface area contributed by atoms with Crippen LogP contribution in [0, 0.1) is 5.82 Å². The lowest BCUT2D eigenvalue weighted by atomic mass is 10.1. The van der Waals surface area contributed by atoms with E-state index in [1.807, 2.05) is 6.92 Å². The molecule has 1 aliphatic heterocycles. The molecule has 10 heteroatoms. The lowest BCUT2D eigenvalue weighted by molar-refractivity contribution is -0.122. The fourth-order valence-corrected chi connectivity index (χ4v) is 4.33. The Bertz CT molecular complexity index is 1410. The summed E-state index contributed by atoms with van der Waals surface area (Å²) in [5.74, 6) is -0.751. The standard InChI is InChI=1S/C28H24BrFN2O6/c1-3-36-20-11-9-19(10-12-20)32-27(34)21(26(33)31-28(32)35)13-17-14-22(29)25(24(15-17)37-4-2)38-16-18-7-5-6-8-23(18)30/h5-15H,3-4,16H2,1-2H3,(H,31,33,35)/b21-13+. The van der Waals surface area contributed by atoms with Crippen LogP contribution < -0.4 is 24.4 Å². The molecule has 0 saturated carbocycles. The fourth-order valence-electron chi connectivity index (χ4n) is 3.76. The molecule has 1 heterocycles. The summed E-state index contributed by atoms with van der Waals surface area (Å²) in [6, 6.07) is 15.0. The highest BCUT2D eigenvalue weighted by Gasteiger charge is 2.37. The maximum atomic E-state index is 14.0. The first-order valence-corrected chi connectivity index (χ1v) is 12.6. The van der Waals surface area contributed by atoms with Crippen molar-refractivity contribution in [1.29, 1.82) is 0 Å². The topological polar surface area (TPSA) is 94.2 Å². The van der Waals surface area contributed by atoms with Gasteiger partial charge in [-0.3, -0.25) is 14.9 Å². The first-order chi connectivity index (χ1) is 18.3. The van der Waals surface area contributed by atoms with Gasteiger partial charge in [0.25, 0.3) is 11.8 Å². The monoisotopic (exact) mass is 582 g/mol. The Hall–Kier alpha value is -4.18. The zero-order valence-corrected chi connectivity index (χ0v) is 22.2. The third-order valence-electron chi connectivity index (χ3n) is 5.48. The predicted octanol–water partition coefficient (Wildman–Crippen LogP) is 5.63. The van der Waals surface area contributed by atoms with Gasteiger partial charge in [0.15, 0.2) is 11.5 Å². The molecule has 0 aromatic heterocycles. The molecule has 1 saturated heterocycles. The molecule has 3 aromatic rings. The van der Waals surface area contributed by atoms with Crippen molar-refractivity contribution in [2.75, 3.05) is 18.1 Å². The molecule has 38 heavy (non-hydrogen) atoms. The summed E-state index contributed by atoms with van der Waals surface area (Å²) >= 11 is 3.44. The number of imide groups is 2. The van der Waals surface area contributed by atoms with E-state index < -0.39 is 23.7 Å². The van der Waals surface area contributed by atoms with E-state index in [9.17, 15) is 18.8 Å². The number of benzene rings is 3. The molecule has 8 nitrogen and oxygen atoms in total. The van der Waals surface area contributed by atoms with Crippen molar-refractivity contribution in [2.45, 2.75) is 20.5 Å². The molecule has 0 aliphatic carbocycles. The molecular formula is C28H24BrFN2O6. The lowest BCUT2D eigenvalue weighted by Crippen LogP contribution is -2.54. The van der Waals surface area contributed by atoms with E-state index in [1.54, 1.807) is 61.5 Å². The molecule has 4 amide bonds. The third kappa shape index (κ3) is 5.86. The van der Waals surface area contributed by atoms with Gasteiger partial charge in [-0.1, -0.05) is 18.2 Å². The van der Waals surface area contributed by atoms with Crippen LogP contribution >= 0.6 is 15.9 Å². The maximum Gasteiger partial charge on any atom is 0.335 e. The minimum absolute atomic E-state index is 0.0359. The smallest absolute Gasteiger partial charge is 0.335 e. The number of halogens is 2. The zero-order chi connectivity index (χ0) is 27.2. The van der Waals surface area contributed by atoms with Gasteiger partial charge in [-0.15, -0.1) is 0 Å². The average Bonchev–Trinajstić information content (AvgIpc) is 2.88. The quantitative estimate of drug-likeness (QED) is 0.259. The number of carbonyl (C=O) groups excluding carboxylic acids is 3. The van der Waals surface area contributed by atoms with E-state index in [0.29, 0.717) is 46.1 Å². The minimum Gasteiger partial charge on any atom is -0.494 e. The first kappa shape index (κ1) is 26.9. The molecule has 0 unspecified atom stereocenters. The molecule has 4 rings (SSSR count). The predicted molar refractivity (Wildman–Crippen MR) is 143 cm³/mol. The summed E-state index contributed by atoms with van der Waals surface area (Å²) in [6.45, 7) is 4.37. The summed E-state index contributed by atoms with van der Waals surface area (Å²) in [5, 5.41) is 2.20. The Morgan fingerprint density at radius 1 is 0.947 bits per heavy atom. The zero-order valence-electron chi connectivity index (χ0n) is 20.6. The van der Waals surface area contributed by atoms with Crippen LogP contribution in [-0.2, 0) is 16.2 Å². The highest BCUT2D eigenvalue weighted by Crippen LogP contribution is 2.38. The van der Waals surface area contributed by atoms with Gasteiger partial charge in [-0.2, -0.15) is 0 Å². The van der Waals surface area contributed by atoms with Gasteiger partial charge in [-0.25, -0.2) is 14.1 Å². The van der Waals surface area contributed by atoms with Gasteiger partial charge in [0, 0.05) is 5.56 Å². The number of urea groups is 1. The molecule has 0 atom stereocenters. The minimum atomic E-state index is -0.852. The highest BCUT2D eigenvalue weighted by atomic mass is 79.9. The van der Waals surface area contributed by atoms with Crippen LogP contribution in [0.3, 0.4) is 0 Å². The molecule has 0 bridgehead atoms. The van der Waals surface area contributed by atoms with E-state index in [-0.39, 0.29) is 17.9 Å². The number of amides is 4. The van der Waals surface area contributed by atoms with Gasteiger partial charge >= 0.3 is 6.03 Å². The van der Waals surface area contributed by atoms with Crippen LogP contribution in [0.25, 0.3) is 6.08 Å². The van der Waals surface area contributed by atoms with Crippen LogP contribution in [0.2, 0.25) is 0 Å². The van der Waals surface area contributed by atoms with Crippen molar-refractivity contribution in [1.82, 2.24) is 5.32 Å². The number of hydrogen-bond donors (Lipinski definition) is 1. The van der Waals surface area contributed by atoms with E-state index in [0.717, 1.165) is 4.90 Å². The number of nitrogens with one attached hydrogen (secondary N) is 1. The van der Waals surface area contributed by atoms with Gasteiger partial charge in [0.2, 0.25) is 0 Å². The summed E-state index contributed by atoms with van der Waals surface area (Å²) in [4.78, 5) is 39.3. The Morgan fingerprint density at radius 2 is 1.66 bits per heavy atom. The van der Waals surface area contributed by atoms with Crippen molar-refractivity contribution < 1.29 is 33.0 Å². The Labute approximate surface area is 227 Å². The van der Waals surface area contributed by atoms with E-state index in [4.69, 9.17) is 14.2 Å². The van der Waals surface area contributed by atoms with Gasteiger partial charge in [-0.05, 0) is 83.9 Å². The van der Waals surface area contributed by atoms with Gasteiger partial charge in [0.1, 0.15) is 23.7 Å². The van der Waals surface area contributed by atoms with E-state index in [1.165, 1.54) is 12.1 Å². The molecule has 1 fully saturated rings. The van der Waals surface area contributed by atoms with Crippen molar-refractivity contribution in [2.24, 2.45) is 0 Å². The van der Waals surface area contributed by atoms with Crippen LogP contribution in [0.4, 0.5) is 14.9 Å². The number of rotatable bonds is 9.